The fraction of sp³-hybridized carbons (Fsp3) is 0.259. The van der Waals surface area contributed by atoms with Crippen LogP contribution < -0.4 is 10.1 Å². The summed E-state index contributed by atoms with van der Waals surface area (Å²) in [7, 11) is 1.33. The summed E-state index contributed by atoms with van der Waals surface area (Å²) in [5.41, 5.74) is 5.34. The van der Waals surface area contributed by atoms with Crippen LogP contribution in [-0.2, 0) is 29.2 Å². The molecular formula is C27H28N2O5. The highest BCUT2D eigenvalue weighted by Gasteiger charge is 2.20. The lowest BCUT2D eigenvalue weighted by Gasteiger charge is -2.20. The molecule has 7 nitrogen and oxygen atoms in total. The van der Waals surface area contributed by atoms with E-state index in [1.807, 2.05) is 18.2 Å². The van der Waals surface area contributed by atoms with Gasteiger partial charge in [-0.2, -0.15) is 0 Å². The first-order valence-electron chi connectivity index (χ1n) is 11.1. The molecule has 0 bridgehead atoms. The van der Waals surface area contributed by atoms with Crippen LogP contribution in [0.1, 0.15) is 32.6 Å². The van der Waals surface area contributed by atoms with E-state index in [-0.39, 0.29) is 6.03 Å². The monoisotopic (exact) mass is 460 g/mol. The highest BCUT2D eigenvalue weighted by atomic mass is 16.5. The molecule has 3 aromatic carbocycles. The number of aryl methyl sites for hydroxylation is 1. The van der Waals surface area contributed by atoms with Gasteiger partial charge in [-0.25, -0.2) is 9.59 Å². The Kier molecular flexibility index (Phi) is 7.44. The fourth-order valence-electron chi connectivity index (χ4n) is 3.69. The number of hydrogen-bond acceptors (Lipinski definition) is 5. The zero-order chi connectivity index (χ0) is 23.9. The van der Waals surface area contributed by atoms with Gasteiger partial charge in [0.15, 0.2) is 0 Å². The van der Waals surface area contributed by atoms with Gasteiger partial charge in [0.1, 0.15) is 12.4 Å². The summed E-state index contributed by atoms with van der Waals surface area (Å²) in [6.07, 6.45) is 0. The van der Waals surface area contributed by atoms with E-state index < -0.39 is 5.97 Å². The number of benzene rings is 3. The number of hydrogen-bond donors (Lipinski definition) is 1. The van der Waals surface area contributed by atoms with Gasteiger partial charge in [-0.05, 0) is 54.4 Å². The molecule has 0 aromatic heterocycles. The molecule has 0 unspecified atom stereocenters. The maximum absolute atomic E-state index is 12.9. The maximum atomic E-state index is 12.9. The number of nitrogens with zero attached hydrogens (tertiary/aromatic N) is 1. The Bertz CT molecular complexity index is 1140. The molecule has 0 saturated carbocycles. The van der Waals surface area contributed by atoms with Gasteiger partial charge in [0.05, 0.1) is 39.0 Å². The zero-order valence-electron chi connectivity index (χ0n) is 19.4. The number of fused-ring (bicyclic) bond motifs is 1. The first kappa shape index (κ1) is 23.3. The van der Waals surface area contributed by atoms with Crippen LogP contribution in [0.5, 0.6) is 5.75 Å². The number of carbonyl (C=O) groups is 2. The Balaban J connectivity index is 1.36. The van der Waals surface area contributed by atoms with Gasteiger partial charge < -0.3 is 24.4 Å². The molecule has 2 amide bonds. The number of rotatable bonds is 6. The molecule has 0 fully saturated rings. The third kappa shape index (κ3) is 5.94. The summed E-state index contributed by atoms with van der Waals surface area (Å²) in [5.74, 6) is 0.359. The van der Waals surface area contributed by atoms with Crippen molar-refractivity contribution in [1.82, 2.24) is 4.90 Å². The van der Waals surface area contributed by atoms with Crippen molar-refractivity contribution in [3.8, 4) is 5.75 Å². The van der Waals surface area contributed by atoms with E-state index in [1.54, 1.807) is 29.2 Å². The van der Waals surface area contributed by atoms with Crippen LogP contribution in [0.3, 0.4) is 0 Å². The Morgan fingerprint density at radius 2 is 1.68 bits per heavy atom. The van der Waals surface area contributed by atoms with Crippen LogP contribution in [0.4, 0.5) is 10.5 Å². The predicted octanol–water partition coefficient (Wildman–Crippen LogP) is 4.92. The maximum Gasteiger partial charge on any atom is 0.337 e. The van der Waals surface area contributed by atoms with Crippen molar-refractivity contribution in [1.29, 1.82) is 0 Å². The normalized spacial score (nSPS) is 12.8. The second-order valence-electron chi connectivity index (χ2n) is 8.19. The standard InChI is InChI=1S/C27H28N2O5/c1-19-3-5-20(6-4-19)17-33-18-21-7-12-25-23(15-21)16-29(13-14-34-25)27(31)28-24-10-8-22(9-11-24)26(30)32-2/h3-12,15H,13-14,16-18H2,1-2H3,(H,28,31). The lowest BCUT2D eigenvalue weighted by Crippen LogP contribution is -2.36. The third-order valence-electron chi connectivity index (χ3n) is 5.61. The van der Waals surface area contributed by atoms with Gasteiger partial charge in [0.2, 0.25) is 0 Å². The van der Waals surface area contributed by atoms with Crippen molar-refractivity contribution >= 4 is 17.7 Å². The molecule has 0 saturated heterocycles. The lowest BCUT2D eigenvalue weighted by molar-refractivity contribution is 0.0600. The zero-order valence-corrected chi connectivity index (χ0v) is 19.4. The number of methoxy groups -OCH3 is 1. The van der Waals surface area contributed by atoms with E-state index in [9.17, 15) is 9.59 Å². The fourth-order valence-corrected chi connectivity index (χ4v) is 3.69. The van der Waals surface area contributed by atoms with E-state index in [0.29, 0.717) is 44.2 Å². The summed E-state index contributed by atoms with van der Waals surface area (Å²) in [6.45, 7) is 4.36. The van der Waals surface area contributed by atoms with Gasteiger partial charge in [-0.15, -0.1) is 0 Å². The molecule has 4 rings (SSSR count). The smallest absolute Gasteiger partial charge is 0.337 e. The molecular weight excluding hydrogens is 432 g/mol. The van der Waals surface area contributed by atoms with Crippen molar-refractivity contribution in [2.45, 2.75) is 26.7 Å². The minimum absolute atomic E-state index is 0.233. The molecule has 0 atom stereocenters. The highest BCUT2D eigenvalue weighted by Crippen LogP contribution is 2.25. The summed E-state index contributed by atoms with van der Waals surface area (Å²) in [5, 5.41) is 2.88. The lowest BCUT2D eigenvalue weighted by atomic mass is 10.1. The summed E-state index contributed by atoms with van der Waals surface area (Å²) in [6, 6.07) is 20.6. The molecule has 1 aliphatic heterocycles. The second-order valence-corrected chi connectivity index (χ2v) is 8.19. The molecule has 7 heteroatoms. The average Bonchev–Trinajstić information content (AvgIpc) is 3.07. The molecule has 1 heterocycles. The molecule has 176 valence electrons. The quantitative estimate of drug-likeness (QED) is 0.528. The summed E-state index contributed by atoms with van der Waals surface area (Å²) >= 11 is 0. The molecule has 0 spiro atoms. The van der Waals surface area contributed by atoms with Gasteiger partial charge in [-0.1, -0.05) is 35.9 Å². The van der Waals surface area contributed by atoms with Crippen LogP contribution in [-0.4, -0.2) is 37.2 Å². The number of urea groups is 1. The van der Waals surface area contributed by atoms with Crippen LogP contribution in [0.15, 0.2) is 66.7 Å². The number of ether oxygens (including phenoxy) is 3. The van der Waals surface area contributed by atoms with Crippen molar-refractivity contribution < 1.29 is 23.8 Å². The SMILES string of the molecule is COC(=O)c1ccc(NC(=O)N2CCOc3ccc(COCc4ccc(C)cc4)cc3C2)cc1. The minimum Gasteiger partial charge on any atom is -0.491 e. The first-order valence-corrected chi connectivity index (χ1v) is 11.1. The molecule has 0 aliphatic carbocycles. The van der Waals surface area contributed by atoms with Gasteiger partial charge >= 0.3 is 12.0 Å². The van der Waals surface area contributed by atoms with Gasteiger partial charge in [0, 0.05) is 11.3 Å². The minimum atomic E-state index is -0.419. The number of nitrogens with one attached hydrogen (secondary N) is 1. The van der Waals surface area contributed by atoms with E-state index in [0.717, 1.165) is 22.4 Å². The number of amides is 2. The van der Waals surface area contributed by atoms with E-state index >= 15 is 0 Å². The summed E-state index contributed by atoms with van der Waals surface area (Å²) < 4.78 is 16.5. The summed E-state index contributed by atoms with van der Waals surface area (Å²) in [4.78, 5) is 26.2. The predicted molar refractivity (Wildman–Crippen MR) is 129 cm³/mol. The first-order chi connectivity index (χ1) is 16.5. The average molecular weight is 461 g/mol. The van der Waals surface area contributed by atoms with E-state index in [1.165, 1.54) is 12.7 Å². The Hall–Kier alpha value is -3.84. The third-order valence-corrected chi connectivity index (χ3v) is 5.61. The van der Waals surface area contributed by atoms with Gasteiger partial charge in [-0.3, -0.25) is 0 Å². The van der Waals surface area contributed by atoms with E-state index in [4.69, 9.17) is 14.2 Å². The van der Waals surface area contributed by atoms with Crippen LogP contribution in [0.25, 0.3) is 0 Å². The van der Waals surface area contributed by atoms with Crippen LogP contribution >= 0.6 is 0 Å². The Morgan fingerprint density at radius 3 is 2.41 bits per heavy atom. The molecule has 1 aliphatic rings. The van der Waals surface area contributed by atoms with Crippen LogP contribution in [0, 0.1) is 6.92 Å². The molecule has 0 radical (unpaired) electrons. The molecule has 1 N–H and O–H groups in total. The topological polar surface area (TPSA) is 77.1 Å². The van der Waals surface area contributed by atoms with Crippen LogP contribution in [0.2, 0.25) is 0 Å². The number of esters is 1. The molecule has 34 heavy (non-hydrogen) atoms. The number of carbonyl (C=O) groups excluding carboxylic acids is 2. The highest BCUT2D eigenvalue weighted by molar-refractivity contribution is 5.92. The van der Waals surface area contributed by atoms with Gasteiger partial charge in [0.25, 0.3) is 0 Å². The van der Waals surface area contributed by atoms with Crippen molar-refractivity contribution in [3.05, 3.63) is 94.5 Å². The van der Waals surface area contributed by atoms with E-state index in [2.05, 4.69) is 36.5 Å². The number of anilines is 1. The van der Waals surface area contributed by atoms with Crippen molar-refractivity contribution in [2.75, 3.05) is 25.6 Å². The van der Waals surface area contributed by atoms with Crippen molar-refractivity contribution in [3.63, 3.8) is 0 Å². The largest absolute Gasteiger partial charge is 0.491 e. The second kappa shape index (κ2) is 10.9. The molecule has 3 aromatic rings. The van der Waals surface area contributed by atoms with Crippen molar-refractivity contribution in [2.24, 2.45) is 0 Å². The Labute approximate surface area is 199 Å². The Morgan fingerprint density at radius 1 is 0.971 bits per heavy atom.